The van der Waals surface area contributed by atoms with Crippen molar-refractivity contribution in [2.24, 2.45) is 0 Å². The number of aliphatic hydroxyl groups is 1. The zero-order chi connectivity index (χ0) is 8.97. The zero-order valence-electron chi connectivity index (χ0n) is 6.46. The Balaban J connectivity index is 2.71. The lowest BCUT2D eigenvalue weighted by atomic mass is 10.1. The molecule has 0 aromatic carbocycles. The van der Waals surface area contributed by atoms with Crippen molar-refractivity contribution in [3.05, 3.63) is 30.1 Å². The quantitative estimate of drug-likeness (QED) is 0.645. The lowest BCUT2D eigenvalue weighted by Gasteiger charge is -2.15. The molecule has 0 aliphatic carbocycles. The maximum Gasteiger partial charge on any atom is 0.0784 e. The van der Waals surface area contributed by atoms with Crippen molar-refractivity contribution in [2.75, 3.05) is 5.75 Å². The summed E-state index contributed by atoms with van der Waals surface area (Å²) in [5.74, 6) is 0.413. The highest BCUT2D eigenvalue weighted by Gasteiger charge is 2.14. The van der Waals surface area contributed by atoms with E-state index < -0.39 is 6.10 Å². The first-order valence-corrected chi connectivity index (χ1v) is 4.77. The Hall–Kier alpha value is -0.190. The average molecular weight is 201 g/mol. The van der Waals surface area contributed by atoms with E-state index in [0.717, 1.165) is 5.56 Å². The van der Waals surface area contributed by atoms with E-state index in [1.165, 1.54) is 0 Å². The Morgan fingerprint density at radius 3 is 2.50 bits per heavy atom. The summed E-state index contributed by atoms with van der Waals surface area (Å²) in [6.07, 6.45) is 2.85. The normalized spacial score (nSPS) is 15.6. The molecule has 1 aromatic rings. The van der Waals surface area contributed by atoms with E-state index in [1.54, 1.807) is 12.4 Å². The summed E-state index contributed by atoms with van der Waals surface area (Å²) in [5.41, 5.74) is 0.967. The minimum Gasteiger partial charge on any atom is -0.391 e. The van der Waals surface area contributed by atoms with Crippen LogP contribution in [0.4, 0.5) is 0 Å². The van der Waals surface area contributed by atoms with E-state index in [2.05, 4.69) is 30.2 Å². The molecule has 0 aliphatic rings. The lowest BCUT2D eigenvalue weighted by molar-refractivity contribution is 0.197. The molecule has 0 bridgehead atoms. The third-order valence-electron chi connectivity index (χ3n) is 1.60. The van der Waals surface area contributed by atoms with Crippen LogP contribution in [0.2, 0.25) is 0 Å². The molecule has 0 aliphatic heterocycles. The fourth-order valence-electron chi connectivity index (χ4n) is 0.883. The number of aromatic nitrogens is 1. The number of aliphatic hydroxyl groups excluding tert-OH is 1. The van der Waals surface area contributed by atoms with Crippen molar-refractivity contribution in [2.45, 2.75) is 11.4 Å². The number of pyridine rings is 1. The van der Waals surface area contributed by atoms with Crippen LogP contribution in [0, 0.1) is 0 Å². The van der Waals surface area contributed by atoms with Gasteiger partial charge in [-0.05, 0) is 17.7 Å². The second-order valence-electron chi connectivity index (χ2n) is 2.48. The zero-order valence-corrected chi connectivity index (χ0v) is 8.25. The summed E-state index contributed by atoms with van der Waals surface area (Å²) < 4.78 is 0. The number of thiol groups is 2. The maximum atomic E-state index is 9.41. The largest absolute Gasteiger partial charge is 0.391 e. The summed E-state index contributed by atoms with van der Waals surface area (Å²) >= 11 is 8.26. The van der Waals surface area contributed by atoms with E-state index >= 15 is 0 Å². The smallest absolute Gasteiger partial charge is 0.0784 e. The molecule has 0 saturated carbocycles. The molecule has 0 amide bonds. The van der Waals surface area contributed by atoms with Crippen molar-refractivity contribution < 1.29 is 5.11 Å². The predicted octanol–water partition coefficient (Wildman–Crippen LogP) is 1.34. The van der Waals surface area contributed by atoms with Gasteiger partial charge in [0.1, 0.15) is 0 Å². The van der Waals surface area contributed by atoms with E-state index in [-0.39, 0.29) is 5.25 Å². The van der Waals surface area contributed by atoms with Crippen LogP contribution in [0.25, 0.3) is 0 Å². The Morgan fingerprint density at radius 1 is 1.42 bits per heavy atom. The minimum absolute atomic E-state index is 0.175. The van der Waals surface area contributed by atoms with Crippen LogP contribution in [0.1, 0.15) is 10.8 Å². The highest BCUT2D eigenvalue weighted by atomic mass is 32.1. The topological polar surface area (TPSA) is 33.1 Å². The van der Waals surface area contributed by atoms with E-state index in [0.29, 0.717) is 5.75 Å². The van der Waals surface area contributed by atoms with Gasteiger partial charge in [-0.25, -0.2) is 0 Å². The van der Waals surface area contributed by atoms with Crippen LogP contribution in [-0.4, -0.2) is 21.9 Å². The van der Waals surface area contributed by atoms with Crippen molar-refractivity contribution in [1.82, 2.24) is 4.98 Å². The van der Waals surface area contributed by atoms with E-state index in [4.69, 9.17) is 0 Å². The fraction of sp³-hybridized carbons (Fsp3) is 0.375. The molecule has 2 nitrogen and oxygen atoms in total. The van der Waals surface area contributed by atoms with Crippen LogP contribution in [0.5, 0.6) is 0 Å². The van der Waals surface area contributed by atoms with Crippen LogP contribution in [0.3, 0.4) is 0 Å². The number of nitrogens with zero attached hydrogens (tertiary/aromatic N) is 1. The molecule has 0 spiro atoms. The molecular formula is C8H11NOS2. The summed E-state index contributed by atoms with van der Waals surface area (Å²) in [6, 6.07) is 3.68. The van der Waals surface area contributed by atoms with E-state index in [1.807, 2.05) is 12.1 Å². The van der Waals surface area contributed by atoms with Crippen molar-refractivity contribution >= 4 is 25.3 Å². The number of rotatable bonds is 3. The van der Waals surface area contributed by atoms with Crippen LogP contribution in [-0.2, 0) is 0 Å². The van der Waals surface area contributed by atoms with E-state index in [9.17, 15) is 5.11 Å². The van der Waals surface area contributed by atoms with Gasteiger partial charge in [-0.15, -0.1) is 0 Å². The summed E-state index contributed by atoms with van der Waals surface area (Å²) in [6.45, 7) is 0. The Morgan fingerprint density at radius 2 is 2.00 bits per heavy atom. The minimum atomic E-state index is -0.515. The number of hydrogen-bond donors (Lipinski definition) is 3. The lowest BCUT2D eigenvalue weighted by Crippen LogP contribution is -2.15. The summed E-state index contributed by atoms with van der Waals surface area (Å²) in [4.78, 5) is 3.88. The van der Waals surface area contributed by atoms with Gasteiger partial charge in [-0.2, -0.15) is 25.3 Å². The van der Waals surface area contributed by atoms with Crippen LogP contribution in [0.15, 0.2) is 24.5 Å². The maximum absolute atomic E-state index is 9.41. The van der Waals surface area contributed by atoms with Gasteiger partial charge in [0.15, 0.2) is 0 Å². The molecule has 1 N–H and O–H groups in total. The molecular weight excluding hydrogens is 190 g/mol. The van der Waals surface area contributed by atoms with Gasteiger partial charge in [0, 0.05) is 18.1 Å². The van der Waals surface area contributed by atoms with Gasteiger partial charge >= 0.3 is 0 Å². The highest BCUT2D eigenvalue weighted by molar-refractivity contribution is 7.81. The Kier molecular flexibility index (Phi) is 3.91. The molecule has 0 fully saturated rings. The highest BCUT2D eigenvalue weighted by Crippen LogP contribution is 2.23. The number of hydrogen-bond acceptors (Lipinski definition) is 4. The molecule has 66 valence electrons. The third kappa shape index (κ3) is 2.40. The molecule has 1 aromatic heterocycles. The van der Waals surface area contributed by atoms with Gasteiger partial charge in [0.05, 0.1) is 11.4 Å². The Bertz CT molecular complexity index is 230. The SMILES string of the molecule is OC(CS)C(S)c1ccncc1. The average Bonchev–Trinajstić information content (AvgIpc) is 2.17. The van der Waals surface area contributed by atoms with Crippen molar-refractivity contribution in [3.8, 4) is 0 Å². The van der Waals surface area contributed by atoms with Gasteiger partial charge in [0.25, 0.3) is 0 Å². The second-order valence-corrected chi connectivity index (χ2v) is 3.40. The standard InChI is InChI=1S/C8H11NOS2/c10-7(5-11)8(12)6-1-3-9-4-2-6/h1-4,7-8,10-12H,5H2. The molecule has 1 heterocycles. The molecule has 12 heavy (non-hydrogen) atoms. The summed E-state index contributed by atoms with van der Waals surface area (Å²) in [7, 11) is 0. The molecule has 0 saturated heterocycles. The molecule has 2 unspecified atom stereocenters. The van der Waals surface area contributed by atoms with Crippen LogP contribution < -0.4 is 0 Å². The van der Waals surface area contributed by atoms with Gasteiger partial charge in [-0.3, -0.25) is 4.98 Å². The van der Waals surface area contributed by atoms with Gasteiger partial charge in [0.2, 0.25) is 0 Å². The van der Waals surface area contributed by atoms with Crippen LogP contribution >= 0.6 is 25.3 Å². The fourth-order valence-corrected chi connectivity index (χ4v) is 1.54. The van der Waals surface area contributed by atoms with Gasteiger partial charge < -0.3 is 5.11 Å². The second kappa shape index (κ2) is 4.74. The summed E-state index contributed by atoms with van der Waals surface area (Å²) in [5, 5.41) is 9.23. The predicted molar refractivity (Wildman–Crippen MR) is 55.8 cm³/mol. The third-order valence-corrected chi connectivity index (χ3v) is 2.62. The molecule has 0 radical (unpaired) electrons. The first-order chi connectivity index (χ1) is 5.75. The van der Waals surface area contributed by atoms with Crippen molar-refractivity contribution in [1.29, 1.82) is 0 Å². The van der Waals surface area contributed by atoms with Gasteiger partial charge in [-0.1, -0.05) is 0 Å². The first kappa shape index (κ1) is 9.89. The molecule has 1 rings (SSSR count). The molecule has 4 heteroatoms. The molecule has 2 atom stereocenters. The first-order valence-electron chi connectivity index (χ1n) is 3.62. The van der Waals surface area contributed by atoms with Crippen molar-refractivity contribution in [3.63, 3.8) is 0 Å². The monoisotopic (exact) mass is 201 g/mol. The Labute approximate surface area is 82.9 Å².